The number of nitrogens with zero attached hydrogens (tertiary/aromatic N) is 3. The Kier molecular flexibility index (Phi) is 4.32. The van der Waals surface area contributed by atoms with Crippen molar-refractivity contribution < 1.29 is 0 Å². The van der Waals surface area contributed by atoms with Gasteiger partial charge < -0.3 is 5.32 Å². The first kappa shape index (κ1) is 18.4. The summed E-state index contributed by atoms with van der Waals surface area (Å²) in [4.78, 5) is 4.34. The topological polar surface area (TPSA) is 77.0 Å². The van der Waals surface area contributed by atoms with Gasteiger partial charge in [-0.3, -0.25) is 9.81 Å². The standard InChI is InChI=1S/C23H13Cl2N5/c24-15-5-1-13(2-6-15)18-9-17-10-22(27)29-23-28-20(14-3-7-16(25)8-4-14)11-21(30(17)23)19(18)12-26/h1-11H,(H2,27,28,29). The van der Waals surface area contributed by atoms with Crippen molar-refractivity contribution >= 4 is 46.4 Å². The van der Waals surface area contributed by atoms with Crippen LogP contribution in [0.3, 0.4) is 0 Å². The van der Waals surface area contributed by atoms with Crippen LogP contribution in [0.1, 0.15) is 16.8 Å². The molecule has 1 aliphatic rings. The highest BCUT2D eigenvalue weighted by Gasteiger charge is 2.21. The summed E-state index contributed by atoms with van der Waals surface area (Å²) in [6.45, 7) is 0. The Balaban J connectivity index is 1.84. The minimum Gasteiger partial charge on any atom is -0.325 e. The average Bonchev–Trinajstić information content (AvgIpc) is 2.74. The fourth-order valence-corrected chi connectivity index (χ4v) is 3.88. The highest BCUT2D eigenvalue weighted by Crippen LogP contribution is 2.34. The second-order valence-electron chi connectivity index (χ2n) is 6.85. The summed E-state index contributed by atoms with van der Waals surface area (Å²) in [5.74, 6) is 0.485. The fourth-order valence-electron chi connectivity index (χ4n) is 3.63. The zero-order valence-corrected chi connectivity index (χ0v) is 17.0. The van der Waals surface area contributed by atoms with E-state index in [0.717, 1.165) is 27.9 Å². The summed E-state index contributed by atoms with van der Waals surface area (Å²) >= 11 is 12.1. The third-order valence-corrected chi connectivity index (χ3v) is 5.49. The van der Waals surface area contributed by atoms with Gasteiger partial charge in [0.1, 0.15) is 6.07 Å². The first-order chi connectivity index (χ1) is 14.5. The molecule has 144 valence electrons. The minimum atomic E-state index is 0.132. The van der Waals surface area contributed by atoms with E-state index in [9.17, 15) is 5.26 Å². The lowest BCUT2D eigenvalue weighted by Crippen LogP contribution is -2.20. The van der Waals surface area contributed by atoms with Gasteiger partial charge in [-0.2, -0.15) is 10.2 Å². The van der Waals surface area contributed by atoms with Gasteiger partial charge in [0.25, 0.3) is 0 Å². The number of hydrogen-bond acceptors (Lipinski definition) is 4. The van der Waals surface area contributed by atoms with Crippen LogP contribution in [0.25, 0.3) is 28.4 Å². The van der Waals surface area contributed by atoms with E-state index in [1.165, 1.54) is 0 Å². The fraction of sp³-hybridized carbons (Fsp3) is 0. The molecule has 2 aromatic carbocycles. The van der Waals surface area contributed by atoms with Gasteiger partial charge in [0.05, 0.1) is 22.5 Å². The van der Waals surface area contributed by atoms with Crippen molar-refractivity contribution in [2.24, 2.45) is 0 Å². The molecule has 1 aliphatic heterocycles. The molecule has 4 aromatic rings. The van der Waals surface area contributed by atoms with Crippen molar-refractivity contribution in [1.82, 2.24) is 9.38 Å². The van der Waals surface area contributed by atoms with Crippen molar-refractivity contribution in [2.45, 2.75) is 0 Å². The Bertz CT molecular complexity index is 1440. The molecule has 0 fully saturated rings. The summed E-state index contributed by atoms with van der Waals surface area (Å²) in [6, 6.07) is 20.7. The zero-order chi connectivity index (χ0) is 20.8. The van der Waals surface area contributed by atoms with Crippen molar-refractivity contribution in [2.75, 3.05) is 5.32 Å². The predicted octanol–water partition coefficient (Wildman–Crippen LogP) is 5.58. The number of benzene rings is 2. The van der Waals surface area contributed by atoms with E-state index in [0.29, 0.717) is 27.3 Å². The lowest BCUT2D eigenvalue weighted by Gasteiger charge is -2.23. The first-order valence-corrected chi connectivity index (χ1v) is 9.85. The zero-order valence-electron chi connectivity index (χ0n) is 15.4. The molecule has 0 unspecified atom stereocenters. The summed E-state index contributed by atoms with van der Waals surface area (Å²) in [6.07, 6.45) is 1.92. The quantitative estimate of drug-likeness (QED) is 0.436. The Morgan fingerprint density at radius 3 is 2.20 bits per heavy atom. The van der Waals surface area contributed by atoms with Crippen LogP contribution in [0.4, 0.5) is 5.95 Å². The third-order valence-electron chi connectivity index (χ3n) is 4.99. The predicted molar refractivity (Wildman–Crippen MR) is 119 cm³/mol. The van der Waals surface area contributed by atoms with Crippen LogP contribution in [0.15, 0.2) is 60.7 Å². The van der Waals surface area contributed by atoms with Gasteiger partial charge in [0.2, 0.25) is 5.95 Å². The molecule has 5 rings (SSSR count). The molecule has 0 aliphatic carbocycles. The van der Waals surface area contributed by atoms with Crippen molar-refractivity contribution in [3.63, 3.8) is 0 Å². The molecule has 30 heavy (non-hydrogen) atoms. The number of rotatable bonds is 2. The second-order valence-corrected chi connectivity index (χ2v) is 7.72. The summed E-state index contributed by atoms with van der Waals surface area (Å²) in [5, 5.41) is 22.7. The molecule has 5 nitrogen and oxygen atoms in total. The van der Waals surface area contributed by atoms with Gasteiger partial charge >= 0.3 is 0 Å². The number of halogens is 2. The van der Waals surface area contributed by atoms with Crippen LogP contribution < -0.4 is 10.8 Å². The lowest BCUT2D eigenvalue weighted by atomic mass is 9.97. The molecular weight excluding hydrogens is 417 g/mol. The second kappa shape index (κ2) is 7.03. The van der Waals surface area contributed by atoms with Crippen LogP contribution in [0.5, 0.6) is 0 Å². The highest BCUT2D eigenvalue weighted by atomic mass is 35.5. The summed E-state index contributed by atoms with van der Waals surface area (Å²) < 4.78 is 1.86. The molecule has 0 radical (unpaired) electrons. The van der Waals surface area contributed by atoms with Gasteiger partial charge in [-0.15, -0.1) is 0 Å². The molecule has 0 spiro atoms. The normalized spacial score (nSPS) is 12.2. The molecule has 0 atom stereocenters. The Labute approximate surface area is 182 Å². The van der Waals surface area contributed by atoms with Crippen molar-refractivity contribution in [3.8, 4) is 17.2 Å². The van der Waals surface area contributed by atoms with Gasteiger partial charge in [0.15, 0.2) is 5.49 Å². The molecule has 0 saturated heterocycles. The summed E-state index contributed by atoms with van der Waals surface area (Å²) in [7, 11) is 0. The van der Waals surface area contributed by atoms with Crippen molar-refractivity contribution in [1.29, 1.82) is 10.7 Å². The van der Waals surface area contributed by atoms with Gasteiger partial charge in [0, 0.05) is 21.7 Å². The average molecular weight is 430 g/mol. The summed E-state index contributed by atoms with van der Waals surface area (Å²) in [5.41, 5.74) is 5.44. The van der Waals surface area contributed by atoms with Crippen LogP contribution in [0.2, 0.25) is 10.0 Å². The largest absolute Gasteiger partial charge is 0.325 e. The van der Waals surface area contributed by atoms with Crippen molar-refractivity contribution in [3.05, 3.63) is 93.0 Å². The van der Waals surface area contributed by atoms with Crippen LogP contribution >= 0.6 is 23.2 Å². The molecule has 2 N–H and O–H groups in total. The van der Waals surface area contributed by atoms with E-state index in [1.54, 1.807) is 30.3 Å². The molecule has 2 aromatic heterocycles. The molecule has 0 saturated carbocycles. The molecule has 3 heterocycles. The SMILES string of the molecule is N#Cc1c(-c2ccc(Cl)cc2)cc2cc(=N)nc3n2c1C=C(c1ccc(Cl)cc1)N3. The van der Waals surface area contributed by atoms with E-state index in [2.05, 4.69) is 16.4 Å². The Morgan fingerprint density at radius 1 is 0.933 bits per heavy atom. The van der Waals surface area contributed by atoms with Crippen LogP contribution in [-0.2, 0) is 0 Å². The number of nitriles is 1. The maximum Gasteiger partial charge on any atom is 0.214 e. The number of aromatic nitrogens is 2. The monoisotopic (exact) mass is 429 g/mol. The smallest absolute Gasteiger partial charge is 0.214 e. The van der Waals surface area contributed by atoms with E-state index in [4.69, 9.17) is 28.6 Å². The van der Waals surface area contributed by atoms with E-state index >= 15 is 0 Å². The third kappa shape index (κ3) is 3.03. The highest BCUT2D eigenvalue weighted by molar-refractivity contribution is 6.30. The van der Waals surface area contributed by atoms with E-state index < -0.39 is 0 Å². The number of pyridine rings is 1. The molecular formula is C23H13Cl2N5. The Hall–Kier alpha value is -3.59. The maximum absolute atomic E-state index is 10.1. The number of nitrogens with one attached hydrogen (secondary N) is 2. The molecule has 7 heteroatoms. The van der Waals surface area contributed by atoms with Gasteiger partial charge in [-0.25, -0.2) is 0 Å². The number of hydrogen-bond donors (Lipinski definition) is 2. The van der Waals surface area contributed by atoms with Crippen LogP contribution in [0, 0.1) is 16.7 Å². The maximum atomic E-state index is 10.1. The molecule has 0 amide bonds. The first-order valence-electron chi connectivity index (χ1n) is 9.09. The van der Waals surface area contributed by atoms with Gasteiger partial charge in [-0.05, 0) is 47.5 Å². The minimum absolute atomic E-state index is 0.132. The molecule has 0 bridgehead atoms. The van der Waals surface area contributed by atoms with E-state index in [-0.39, 0.29) is 5.49 Å². The van der Waals surface area contributed by atoms with E-state index in [1.807, 2.05) is 40.8 Å². The number of anilines is 1. The van der Waals surface area contributed by atoms with Gasteiger partial charge in [-0.1, -0.05) is 47.5 Å². The lowest BCUT2D eigenvalue weighted by molar-refractivity contribution is 0.991. The van der Waals surface area contributed by atoms with Crippen LogP contribution in [-0.4, -0.2) is 9.38 Å². The Morgan fingerprint density at radius 2 is 1.57 bits per heavy atom.